The zero-order valence-corrected chi connectivity index (χ0v) is 15.5. The molecule has 0 aromatic heterocycles. The van der Waals surface area contributed by atoms with E-state index < -0.39 is 0 Å². The number of nitrogens with two attached hydrogens (primary N) is 1. The lowest BCUT2D eigenvalue weighted by molar-refractivity contribution is -0.135. The second-order valence-electron chi connectivity index (χ2n) is 7.27. The van der Waals surface area contributed by atoms with Crippen LogP contribution in [-0.2, 0) is 9.59 Å². The van der Waals surface area contributed by atoms with E-state index in [1.807, 2.05) is 23.1 Å². The molecule has 4 unspecified atom stereocenters. The quantitative estimate of drug-likeness (QED) is 0.851. The van der Waals surface area contributed by atoms with Crippen molar-refractivity contribution in [3.05, 3.63) is 29.3 Å². The van der Waals surface area contributed by atoms with E-state index in [-0.39, 0.29) is 42.6 Å². The number of halogens is 2. The average Bonchev–Trinajstić information content (AvgIpc) is 3.24. The fraction of sp³-hybridized carbons (Fsp3) is 0.556. The standard InChI is InChI=1S/C18H22ClN3O2.ClH/c19-14-3-1-2-4-16(14)22-9-12(7-17(22)23)18(24)21-8-11-5-6-15(20)13(11)10-21;/h1-4,11-13,15H,5-10,20H2;1H. The SMILES string of the molecule is Cl.NC1CCC2CN(C(=O)C3CC(=O)N(c4ccccc4Cl)C3)CC12. The molecule has 4 atom stereocenters. The van der Waals surface area contributed by atoms with Gasteiger partial charge in [0.1, 0.15) is 0 Å². The predicted octanol–water partition coefficient (Wildman–Crippen LogP) is 2.31. The number of rotatable bonds is 2. The van der Waals surface area contributed by atoms with Crippen LogP contribution < -0.4 is 10.6 Å². The highest BCUT2D eigenvalue weighted by Crippen LogP contribution is 2.38. The number of carbonyl (C=O) groups is 2. The van der Waals surface area contributed by atoms with Gasteiger partial charge in [-0.05, 0) is 36.8 Å². The summed E-state index contributed by atoms with van der Waals surface area (Å²) in [6, 6.07) is 7.50. The molecule has 0 spiro atoms. The summed E-state index contributed by atoms with van der Waals surface area (Å²) < 4.78 is 0. The molecule has 2 heterocycles. The van der Waals surface area contributed by atoms with Gasteiger partial charge in [0.05, 0.1) is 16.6 Å². The highest BCUT2D eigenvalue weighted by atomic mass is 35.5. The Bertz CT molecular complexity index is 684. The fourth-order valence-electron chi connectivity index (χ4n) is 4.52. The molecular weight excluding hydrogens is 361 g/mol. The number of likely N-dealkylation sites (tertiary alicyclic amines) is 1. The predicted molar refractivity (Wildman–Crippen MR) is 99.9 cm³/mol. The zero-order valence-electron chi connectivity index (χ0n) is 13.9. The number of carbonyl (C=O) groups excluding carboxylic acids is 2. The summed E-state index contributed by atoms with van der Waals surface area (Å²) >= 11 is 6.20. The normalized spacial score (nSPS) is 31.2. The van der Waals surface area contributed by atoms with Gasteiger partial charge >= 0.3 is 0 Å². The van der Waals surface area contributed by atoms with Gasteiger partial charge in [0.2, 0.25) is 11.8 Å². The minimum Gasteiger partial charge on any atom is -0.342 e. The van der Waals surface area contributed by atoms with Crippen molar-refractivity contribution in [3.63, 3.8) is 0 Å². The van der Waals surface area contributed by atoms with Crippen LogP contribution in [-0.4, -0.2) is 42.4 Å². The largest absolute Gasteiger partial charge is 0.342 e. The molecule has 0 bridgehead atoms. The number of hydrogen-bond acceptors (Lipinski definition) is 3. The molecule has 1 aromatic carbocycles. The van der Waals surface area contributed by atoms with Gasteiger partial charge < -0.3 is 15.5 Å². The van der Waals surface area contributed by atoms with Crippen molar-refractivity contribution >= 4 is 41.5 Å². The van der Waals surface area contributed by atoms with Crippen molar-refractivity contribution in [2.45, 2.75) is 25.3 Å². The molecule has 2 N–H and O–H groups in total. The minimum atomic E-state index is -0.274. The maximum absolute atomic E-state index is 12.9. The van der Waals surface area contributed by atoms with Crippen molar-refractivity contribution < 1.29 is 9.59 Å². The lowest BCUT2D eigenvalue weighted by Gasteiger charge is -2.22. The van der Waals surface area contributed by atoms with Crippen LogP contribution in [0, 0.1) is 17.8 Å². The van der Waals surface area contributed by atoms with Crippen molar-refractivity contribution in [2.75, 3.05) is 24.5 Å². The maximum atomic E-state index is 12.9. The second-order valence-corrected chi connectivity index (χ2v) is 7.67. The van der Waals surface area contributed by atoms with Gasteiger partial charge in [0, 0.05) is 32.1 Å². The Morgan fingerprint density at radius 3 is 2.64 bits per heavy atom. The lowest BCUT2D eigenvalue weighted by atomic mass is 9.98. The Balaban J connectivity index is 0.00000182. The Morgan fingerprint density at radius 2 is 1.92 bits per heavy atom. The highest BCUT2D eigenvalue weighted by Gasteiger charge is 2.45. The Kier molecular flexibility index (Phi) is 5.28. The Morgan fingerprint density at radius 1 is 1.16 bits per heavy atom. The van der Waals surface area contributed by atoms with Crippen LogP contribution >= 0.6 is 24.0 Å². The molecule has 5 nitrogen and oxygen atoms in total. The number of benzene rings is 1. The van der Waals surface area contributed by atoms with Crippen molar-refractivity contribution in [3.8, 4) is 0 Å². The summed E-state index contributed by atoms with van der Waals surface area (Å²) in [5.41, 5.74) is 6.85. The van der Waals surface area contributed by atoms with Crippen LogP contribution in [0.2, 0.25) is 5.02 Å². The molecule has 25 heavy (non-hydrogen) atoms. The van der Waals surface area contributed by atoms with Gasteiger partial charge in [-0.15, -0.1) is 12.4 Å². The first kappa shape index (κ1) is 18.5. The molecule has 1 saturated carbocycles. The van der Waals surface area contributed by atoms with E-state index in [0.717, 1.165) is 25.9 Å². The number of anilines is 1. The highest BCUT2D eigenvalue weighted by molar-refractivity contribution is 6.33. The Hall–Kier alpha value is -1.30. The number of para-hydroxylation sites is 1. The van der Waals surface area contributed by atoms with E-state index >= 15 is 0 Å². The summed E-state index contributed by atoms with van der Waals surface area (Å²) in [4.78, 5) is 28.8. The van der Waals surface area contributed by atoms with E-state index in [0.29, 0.717) is 29.1 Å². The third-order valence-electron chi connectivity index (χ3n) is 5.84. The molecule has 3 fully saturated rings. The van der Waals surface area contributed by atoms with Crippen LogP contribution in [0.3, 0.4) is 0 Å². The number of fused-ring (bicyclic) bond motifs is 1. The molecule has 2 saturated heterocycles. The minimum absolute atomic E-state index is 0. The van der Waals surface area contributed by atoms with Gasteiger partial charge in [-0.2, -0.15) is 0 Å². The first-order valence-electron chi connectivity index (χ1n) is 8.64. The summed E-state index contributed by atoms with van der Waals surface area (Å²) in [5.74, 6) is 0.771. The summed E-state index contributed by atoms with van der Waals surface area (Å²) in [7, 11) is 0. The number of hydrogen-bond donors (Lipinski definition) is 1. The third-order valence-corrected chi connectivity index (χ3v) is 6.16. The zero-order chi connectivity index (χ0) is 16.8. The van der Waals surface area contributed by atoms with Gasteiger partial charge in [-0.3, -0.25) is 9.59 Å². The van der Waals surface area contributed by atoms with Gasteiger partial charge in [-0.25, -0.2) is 0 Å². The molecule has 1 aromatic rings. The molecule has 4 rings (SSSR count). The smallest absolute Gasteiger partial charge is 0.228 e. The van der Waals surface area contributed by atoms with E-state index in [1.165, 1.54) is 0 Å². The monoisotopic (exact) mass is 383 g/mol. The number of amides is 2. The van der Waals surface area contributed by atoms with E-state index in [2.05, 4.69) is 0 Å². The van der Waals surface area contributed by atoms with Crippen molar-refractivity contribution in [2.24, 2.45) is 23.5 Å². The molecule has 2 aliphatic heterocycles. The first-order chi connectivity index (χ1) is 11.5. The summed E-state index contributed by atoms with van der Waals surface area (Å²) in [6.07, 6.45) is 2.45. The molecule has 136 valence electrons. The van der Waals surface area contributed by atoms with Crippen LogP contribution in [0.25, 0.3) is 0 Å². The van der Waals surface area contributed by atoms with Gasteiger partial charge in [0.25, 0.3) is 0 Å². The van der Waals surface area contributed by atoms with E-state index in [1.54, 1.807) is 11.0 Å². The molecule has 3 aliphatic rings. The van der Waals surface area contributed by atoms with Crippen molar-refractivity contribution in [1.82, 2.24) is 4.90 Å². The molecule has 2 amide bonds. The van der Waals surface area contributed by atoms with Gasteiger partial charge in [-0.1, -0.05) is 23.7 Å². The summed E-state index contributed by atoms with van der Waals surface area (Å²) in [6.45, 7) is 1.97. The van der Waals surface area contributed by atoms with Crippen LogP contribution in [0.5, 0.6) is 0 Å². The third kappa shape index (κ3) is 3.25. The van der Waals surface area contributed by atoms with Gasteiger partial charge in [0.15, 0.2) is 0 Å². The van der Waals surface area contributed by atoms with E-state index in [4.69, 9.17) is 17.3 Å². The Labute approximate surface area is 158 Å². The average molecular weight is 384 g/mol. The van der Waals surface area contributed by atoms with E-state index in [9.17, 15) is 9.59 Å². The molecule has 1 aliphatic carbocycles. The van der Waals surface area contributed by atoms with Crippen LogP contribution in [0.1, 0.15) is 19.3 Å². The van der Waals surface area contributed by atoms with Crippen LogP contribution in [0.15, 0.2) is 24.3 Å². The topological polar surface area (TPSA) is 66.6 Å². The maximum Gasteiger partial charge on any atom is 0.228 e. The van der Waals surface area contributed by atoms with Crippen LogP contribution in [0.4, 0.5) is 5.69 Å². The lowest BCUT2D eigenvalue weighted by Crippen LogP contribution is -2.38. The van der Waals surface area contributed by atoms with Crippen molar-refractivity contribution in [1.29, 1.82) is 0 Å². The first-order valence-corrected chi connectivity index (χ1v) is 9.01. The summed E-state index contributed by atoms with van der Waals surface area (Å²) in [5, 5.41) is 0.542. The second kappa shape index (κ2) is 7.14. The fourth-order valence-corrected chi connectivity index (χ4v) is 4.76. The number of nitrogens with zero attached hydrogens (tertiary/aromatic N) is 2. The molecular formula is C18H23Cl2N3O2. The molecule has 0 radical (unpaired) electrons. The molecule has 7 heteroatoms.